The van der Waals surface area contributed by atoms with E-state index in [9.17, 15) is 0 Å². The smallest absolute Gasteiger partial charge is 0.0549 e. The molecule has 0 amide bonds. The third-order valence-electron chi connectivity index (χ3n) is 3.48. The van der Waals surface area contributed by atoms with Crippen LogP contribution in [0.3, 0.4) is 0 Å². The molecule has 1 unspecified atom stereocenters. The SMILES string of the molecule is Cl.c1c(C2CCCOC2)[nH]c2c1CNCC2. The maximum absolute atomic E-state index is 5.53. The lowest BCUT2D eigenvalue weighted by Gasteiger charge is -2.20. The molecule has 90 valence electrons. The van der Waals surface area contributed by atoms with Crippen molar-refractivity contribution in [2.45, 2.75) is 31.7 Å². The van der Waals surface area contributed by atoms with E-state index >= 15 is 0 Å². The molecule has 1 aromatic rings. The summed E-state index contributed by atoms with van der Waals surface area (Å²) in [4.78, 5) is 3.58. The van der Waals surface area contributed by atoms with Gasteiger partial charge in [-0.15, -0.1) is 12.4 Å². The van der Waals surface area contributed by atoms with Crippen molar-refractivity contribution >= 4 is 12.4 Å². The van der Waals surface area contributed by atoms with Crippen molar-refractivity contribution in [2.75, 3.05) is 19.8 Å². The molecule has 1 atom stereocenters. The second-order valence-corrected chi connectivity index (χ2v) is 4.57. The first kappa shape index (κ1) is 12.0. The van der Waals surface area contributed by atoms with Gasteiger partial charge < -0.3 is 15.0 Å². The summed E-state index contributed by atoms with van der Waals surface area (Å²) in [5, 5.41) is 3.41. The zero-order valence-electron chi connectivity index (χ0n) is 9.42. The first-order valence-corrected chi connectivity index (χ1v) is 5.92. The van der Waals surface area contributed by atoms with Gasteiger partial charge in [0.15, 0.2) is 0 Å². The predicted molar refractivity (Wildman–Crippen MR) is 66.2 cm³/mol. The number of rotatable bonds is 1. The van der Waals surface area contributed by atoms with E-state index in [0.29, 0.717) is 5.92 Å². The lowest BCUT2D eigenvalue weighted by atomic mass is 9.98. The van der Waals surface area contributed by atoms with Crippen molar-refractivity contribution in [1.29, 1.82) is 0 Å². The topological polar surface area (TPSA) is 37.0 Å². The van der Waals surface area contributed by atoms with Crippen molar-refractivity contribution in [3.63, 3.8) is 0 Å². The number of aromatic amines is 1. The van der Waals surface area contributed by atoms with Gasteiger partial charge >= 0.3 is 0 Å². The van der Waals surface area contributed by atoms with Crippen LogP contribution in [0.1, 0.15) is 35.7 Å². The monoisotopic (exact) mass is 242 g/mol. The number of halogens is 1. The van der Waals surface area contributed by atoms with Crippen LogP contribution in [0.15, 0.2) is 6.07 Å². The fourth-order valence-corrected chi connectivity index (χ4v) is 2.59. The Labute approximate surface area is 102 Å². The lowest BCUT2D eigenvalue weighted by molar-refractivity contribution is 0.0794. The molecule has 4 heteroatoms. The van der Waals surface area contributed by atoms with Crippen molar-refractivity contribution in [1.82, 2.24) is 10.3 Å². The molecule has 3 nitrogen and oxygen atoms in total. The summed E-state index contributed by atoms with van der Waals surface area (Å²) in [6, 6.07) is 2.33. The van der Waals surface area contributed by atoms with Crippen LogP contribution < -0.4 is 5.32 Å². The number of hydrogen-bond donors (Lipinski definition) is 2. The van der Waals surface area contributed by atoms with E-state index in [0.717, 1.165) is 32.7 Å². The summed E-state index contributed by atoms with van der Waals surface area (Å²) in [6.45, 7) is 3.97. The van der Waals surface area contributed by atoms with Gasteiger partial charge in [-0.1, -0.05) is 0 Å². The zero-order chi connectivity index (χ0) is 10.1. The zero-order valence-corrected chi connectivity index (χ0v) is 10.2. The van der Waals surface area contributed by atoms with Crippen LogP contribution in [0.25, 0.3) is 0 Å². The molecule has 2 aliphatic heterocycles. The fraction of sp³-hybridized carbons (Fsp3) is 0.667. The summed E-state index contributed by atoms with van der Waals surface area (Å²) >= 11 is 0. The third kappa shape index (κ3) is 2.26. The molecule has 1 saturated heterocycles. The minimum Gasteiger partial charge on any atom is -0.381 e. The minimum atomic E-state index is 0. The van der Waals surface area contributed by atoms with E-state index in [4.69, 9.17) is 4.74 Å². The van der Waals surface area contributed by atoms with Gasteiger partial charge in [0.25, 0.3) is 0 Å². The molecule has 0 spiro atoms. The Morgan fingerprint density at radius 2 is 2.31 bits per heavy atom. The maximum Gasteiger partial charge on any atom is 0.0549 e. The molecule has 0 aliphatic carbocycles. The second kappa shape index (κ2) is 5.21. The molecule has 1 aromatic heterocycles. The molecule has 0 radical (unpaired) electrons. The average Bonchev–Trinajstić information content (AvgIpc) is 2.74. The summed E-state index contributed by atoms with van der Waals surface area (Å²) in [6.07, 6.45) is 3.61. The van der Waals surface area contributed by atoms with Gasteiger partial charge in [-0.25, -0.2) is 0 Å². The molecule has 0 bridgehead atoms. The molecule has 2 N–H and O–H groups in total. The lowest BCUT2D eigenvalue weighted by Crippen LogP contribution is -2.22. The number of nitrogens with one attached hydrogen (secondary N) is 2. The van der Waals surface area contributed by atoms with Crippen LogP contribution in [0.4, 0.5) is 0 Å². The first-order valence-electron chi connectivity index (χ1n) is 5.92. The van der Waals surface area contributed by atoms with E-state index in [1.54, 1.807) is 0 Å². The fourth-order valence-electron chi connectivity index (χ4n) is 2.59. The highest BCUT2D eigenvalue weighted by atomic mass is 35.5. The summed E-state index contributed by atoms with van der Waals surface area (Å²) < 4.78 is 5.53. The van der Waals surface area contributed by atoms with Crippen LogP contribution in [-0.4, -0.2) is 24.7 Å². The molecule has 1 fully saturated rings. The maximum atomic E-state index is 5.53. The number of ether oxygens (including phenoxy) is 1. The summed E-state index contributed by atoms with van der Waals surface area (Å²) in [5.74, 6) is 0.601. The van der Waals surface area contributed by atoms with Crippen molar-refractivity contribution in [2.24, 2.45) is 0 Å². The normalized spacial score (nSPS) is 24.6. The van der Waals surface area contributed by atoms with Crippen LogP contribution >= 0.6 is 12.4 Å². The van der Waals surface area contributed by atoms with E-state index in [1.165, 1.54) is 29.8 Å². The van der Waals surface area contributed by atoms with Crippen LogP contribution in [0.5, 0.6) is 0 Å². The molecule has 16 heavy (non-hydrogen) atoms. The van der Waals surface area contributed by atoms with Crippen LogP contribution in [0.2, 0.25) is 0 Å². The van der Waals surface area contributed by atoms with Gasteiger partial charge in [-0.3, -0.25) is 0 Å². The number of hydrogen-bond acceptors (Lipinski definition) is 2. The van der Waals surface area contributed by atoms with E-state index < -0.39 is 0 Å². The largest absolute Gasteiger partial charge is 0.381 e. The summed E-state index contributed by atoms with van der Waals surface area (Å²) in [5.41, 5.74) is 4.29. The molecule has 0 saturated carbocycles. The third-order valence-corrected chi connectivity index (χ3v) is 3.48. The quantitative estimate of drug-likeness (QED) is 0.790. The van der Waals surface area contributed by atoms with Gasteiger partial charge in [0.05, 0.1) is 6.61 Å². The molecule has 2 aliphatic rings. The van der Waals surface area contributed by atoms with E-state index in [-0.39, 0.29) is 12.4 Å². The number of H-pyrrole nitrogens is 1. The number of aromatic nitrogens is 1. The highest BCUT2D eigenvalue weighted by molar-refractivity contribution is 5.85. The Morgan fingerprint density at radius 1 is 1.38 bits per heavy atom. The van der Waals surface area contributed by atoms with Crippen molar-refractivity contribution in [3.05, 3.63) is 23.0 Å². The van der Waals surface area contributed by atoms with Crippen molar-refractivity contribution < 1.29 is 4.74 Å². The minimum absolute atomic E-state index is 0. The van der Waals surface area contributed by atoms with Gasteiger partial charge in [0, 0.05) is 43.4 Å². The highest BCUT2D eigenvalue weighted by Gasteiger charge is 2.20. The molecule has 3 rings (SSSR count). The van der Waals surface area contributed by atoms with Crippen LogP contribution in [0, 0.1) is 0 Å². The Bertz CT molecular complexity index is 321. The Morgan fingerprint density at radius 3 is 3.06 bits per heavy atom. The van der Waals surface area contributed by atoms with Gasteiger partial charge in [-0.05, 0) is 24.5 Å². The molecular weight excluding hydrogens is 224 g/mol. The average molecular weight is 243 g/mol. The Hall–Kier alpha value is -0.510. The van der Waals surface area contributed by atoms with Crippen LogP contribution in [-0.2, 0) is 17.7 Å². The van der Waals surface area contributed by atoms with Gasteiger partial charge in [0.2, 0.25) is 0 Å². The Balaban J connectivity index is 0.000000963. The van der Waals surface area contributed by atoms with Crippen molar-refractivity contribution in [3.8, 4) is 0 Å². The van der Waals surface area contributed by atoms with Gasteiger partial charge in [0.1, 0.15) is 0 Å². The molecule has 3 heterocycles. The van der Waals surface area contributed by atoms with E-state index in [1.807, 2.05) is 0 Å². The van der Waals surface area contributed by atoms with E-state index in [2.05, 4.69) is 16.4 Å². The Kier molecular flexibility index (Phi) is 3.90. The highest BCUT2D eigenvalue weighted by Crippen LogP contribution is 2.27. The predicted octanol–water partition coefficient (Wildman–Crippen LogP) is 1.98. The summed E-state index contributed by atoms with van der Waals surface area (Å²) in [7, 11) is 0. The number of fused-ring (bicyclic) bond motifs is 1. The molecule has 0 aromatic carbocycles. The molecular formula is C12H19ClN2O. The second-order valence-electron chi connectivity index (χ2n) is 4.57. The standard InChI is InChI=1S/C12H18N2O.ClH/c1-2-9(8-15-5-1)12-6-10-7-13-4-3-11(10)14-12;/h6,9,13-14H,1-5,7-8H2;1H. The first-order chi connectivity index (χ1) is 7.43. The van der Waals surface area contributed by atoms with Gasteiger partial charge in [-0.2, -0.15) is 0 Å².